The van der Waals surface area contributed by atoms with Gasteiger partial charge in [0.25, 0.3) is 0 Å². The van der Waals surface area contributed by atoms with Gasteiger partial charge >= 0.3 is 0 Å². The lowest BCUT2D eigenvalue weighted by molar-refractivity contribution is 0.101. The molecule has 238 valence electrons. The number of rotatable bonds is 15. The van der Waals surface area contributed by atoms with Crippen LogP contribution in [0.1, 0.15) is 82.2 Å². The molecule has 3 aromatic heterocycles. The van der Waals surface area contributed by atoms with Crippen molar-refractivity contribution in [3.63, 3.8) is 0 Å². The zero-order valence-electron chi connectivity index (χ0n) is 27.1. The molecular formula is C34H53N5OS3. The Hall–Kier alpha value is -2.20. The second-order valence-electron chi connectivity index (χ2n) is 9.13. The van der Waals surface area contributed by atoms with E-state index in [1.165, 1.54) is 42.7 Å². The smallest absolute Gasteiger partial charge is 0.178 e. The van der Waals surface area contributed by atoms with Crippen molar-refractivity contribution in [3.05, 3.63) is 90.3 Å². The fourth-order valence-corrected chi connectivity index (χ4v) is 4.95. The van der Waals surface area contributed by atoms with Crippen LogP contribution in [0.2, 0.25) is 0 Å². The molecule has 0 bridgehead atoms. The molecular weight excluding hydrogens is 591 g/mol. The third kappa shape index (κ3) is 23.9. The third-order valence-corrected chi connectivity index (χ3v) is 8.44. The summed E-state index contributed by atoms with van der Waals surface area (Å²) < 4.78 is 0. The van der Waals surface area contributed by atoms with Crippen LogP contribution in [0.4, 0.5) is 0 Å². The lowest BCUT2D eigenvalue weighted by Crippen LogP contribution is -2.00. The number of ketones is 1. The summed E-state index contributed by atoms with van der Waals surface area (Å²) in [6, 6.07) is 17.3. The van der Waals surface area contributed by atoms with Gasteiger partial charge in [-0.1, -0.05) is 45.9 Å². The number of carbonyl (C=O) groups is 1. The predicted molar refractivity (Wildman–Crippen MR) is 195 cm³/mol. The highest BCUT2D eigenvalue weighted by atomic mass is 32.2. The number of hydrogen-bond donors (Lipinski definition) is 1. The maximum atomic E-state index is 10.6. The molecule has 6 nitrogen and oxygen atoms in total. The Balaban J connectivity index is 0.000000573. The highest BCUT2D eigenvalue weighted by Crippen LogP contribution is 2.19. The fraction of sp³-hybridized carbons (Fsp3) is 0.500. The first-order valence-electron chi connectivity index (χ1n) is 15.1. The molecule has 3 aromatic rings. The summed E-state index contributed by atoms with van der Waals surface area (Å²) in [4.78, 5) is 27.5. The van der Waals surface area contributed by atoms with Crippen molar-refractivity contribution in [2.24, 2.45) is 10.7 Å². The van der Waals surface area contributed by atoms with Crippen LogP contribution in [-0.2, 0) is 0 Å². The van der Waals surface area contributed by atoms with Crippen molar-refractivity contribution in [1.82, 2.24) is 15.0 Å². The van der Waals surface area contributed by atoms with Gasteiger partial charge in [0.15, 0.2) is 5.78 Å². The van der Waals surface area contributed by atoms with Crippen LogP contribution in [0.15, 0.2) is 78.2 Å². The summed E-state index contributed by atoms with van der Waals surface area (Å²) in [5.41, 5.74) is 8.96. The van der Waals surface area contributed by atoms with E-state index in [4.69, 9.17) is 5.73 Å². The van der Waals surface area contributed by atoms with Crippen molar-refractivity contribution in [3.8, 4) is 0 Å². The van der Waals surface area contributed by atoms with Gasteiger partial charge < -0.3 is 5.73 Å². The highest BCUT2D eigenvalue weighted by molar-refractivity contribution is 7.99. The molecule has 0 aliphatic heterocycles. The standard InChI is InChI=1S/C12H19NS.C11H16N2S.C7H7NO.C4H11NS/c1-3-14-10-6-7-11(2)12-8-4-5-9-13-12;1-3-14-9-8-12-10(2)11-6-4-5-7-13-11;1-6(9)7-4-2-3-5-8-7;1-2-6-4-3-5/h4-5,8-9,11H,3,6-7,10H2,1-2H3;4-7H,3,8-9H2,1-2H3;2-5H,1H3;2-5H2,1H3. The lowest BCUT2D eigenvalue weighted by atomic mass is 10.0. The van der Waals surface area contributed by atoms with Gasteiger partial charge in [-0.2, -0.15) is 35.3 Å². The summed E-state index contributed by atoms with van der Waals surface area (Å²) in [7, 11) is 0. The van der Waals surface area contributed by atoms with Crippen molar-refractivity contribution < 1.29 is 4.79 Å². The molecule has 1 unspecified atom stereocenters. The predicted octanol–water partition coefficient (Wildman–Crippen LogP) is 8.34. The largest absolute Gasteiger partial charge is 0.330 e. The number of carbonyl (C=O) groups excluding carboxylic acids is 1. The van der Waals surface area contributed by atoms with E-state index >= 15 is 0 Å². The number of aliphatic imine (C=N–C) groups is 1. The summed E-state index contributed by atoms with van der Waals surface area (Å²) in [6.45, 7) is 14.0. The maximum absolute atomic E-state index is 10.6. The van der Waals surface area contributed by atoms with E-state index in [0.29, 0.717) is 11.6 Å². The molecule has 0 saturated carbocycles. The molecule has 1 atom stereocenters. The number of Topliss-reactive ketones (excluding diaryl/α,β-unsaturated/α-hetero) is 1. The van der Waals surface area contributed by atoms with Gasteiger partial charge in [-0.3, -0.25) is 24.7 Å². The van der Waals surface area contributed by atoms with Gasteiger partial charge in [-0.05, 0) is 85.1 Å². The van der Waals surface area contributed by atoms with E-state index in [9.17, 15) is 4.79 Å². The molecule has 2 N–H and O–H groups in total. The lowest BCUT2D eigenvalue weighted by Gasteiger charge is -2.09. The zero-order chi connectivity index (χ0) is 32.0. The van der Waals surface area contributed by atoms with Crippen LogP contribution >= 0.6 is 35.3 Å². The van der Waals surface area contributed by atoms with Crippen molar-refractivity contribution in [1.29, 1.82) is 0 Å². The first-order valence-corrected chi connectivity index (χ1v) is 18.6. The number of thioether (sulfide) groups is 3. The molecule has 0 fully saturated rings. The number of pyridine rings is 3. The van der Waals surface area contributed by atoms with Crippen molar-refractivity contribution >= 4 is 46.8 Å². The molecule has 0 aromatic carbocycles. The van der Waals surface area contributed by atoms with Gasteiger partial charge in [0.2, 0.25) is 0 Å². The van der Waals surface area contributed by atoms with Gasteiger partial charge in [0.05, 0.1) is 11.4 Å². The summed E-state index contributed by atoms with van der Waals surface area (Å²) in [5.74, 6) is 7.70. The van der Waals surface area contributed by atoms with E-state index in [1.807, 2.05) is 72.7 Å². The second kappa shape index (κ2) is 29.9. The maximum Gasteiger partial charge on any atom is 0.178 e. The van der Waals surface area contributed by atoms with Gasteiger partial charge in [0, 0.05) is 55.8 Å². The molecule has 0 amide bonds. The van der Waals surface area contributed by atoms with Crippen LogP contribution in [0.3, 0.4) is 0 Å². The Morgan fingerprint density at radius 3 is 1.74 bits per heavy atom. The normalized spacial score (nSPS) is 11.1. The summed E-state index contributed by atoms with van der Waals surface area (Å²) in [5, 5.41) is 0. The third-order valence-electron chi connectivity index (χ3n) is 5.64. The van der Waals surface area contributed by atoms with E-state index in [0.717, 1.165) is 41.8 Å². The number of nitrogens with zero attached hydrogens (tertiary/aromatic N) is 4. The van der Waals surface area contributed by atoms with E-state index < -0.39 is 0 Å². The summed E-state index contributed by atoms with van der Waals surface area (Å²) >= 11 is 5.83. The number of nitrogens with two attached hydrogens (primary N) is 1. The van der Waals surface area contributed by atoms with Crippen LogP contribution in [-0.4, -0.2) is 74.1 Å². The Labute approximate surface area is 274 Å². The van der Waals surface area contributed by atoms with E-state index in [1.54, 1.807) is 30.6 Å². The molecule has 3 heterocycles. The van der Waals surface area contributed by atoms with Gasteiger partial charge in [-0.25, -0.2) is 0 Å². The first-order chi connectivity index (χ1) is 20.9. The molecule has 43 heavy (non-hydrogen) atoms. The minimum atomic E-state index is 0.00981. The Kier molecular flexibility index (Phi) is 28.3. The molecule has 0 radical (unpaired) electrons. The van der Waals surface area contributed by atoms with Crippen LogP contribution in [0, 0.1) is 0 Å². The Morgan fingerprint density at radius 1 is 0.767 bits per heavy atom. The fourth-order valence-electron chi connectivity index (χ4n) is 3.33. The van der Waals surface area contributed by atoms with Gasteiger partial charge in [-0.15, -0.1) is 0 Å². The molecule has 9 heteroatoms. The van der Waals surface area contributed by atoms with E-state index in [-0.39, 0.29) is 5.78 Å². The molecule has 0 spiro atoms. The molecule has 0 aliphatic rings. The first kappa shape index (κ1) is 40.8. The summed E-state index contributed by atoms with van der Waals surface area (Å²) in [6.07, 6.45) is 7.85. The monoisotopic (exact) mass is 643 g/mol. The Morgan fingerprint density at radius 2 is 1.30 bits per heavy atom. The molecule has 0 saturated heterocycles. The molecule has 3 rings (SSSR count). The Bertz CT molecular complexity index is 1050. The minimum absolute atomic E-state index is 0.00981. The number of hydrogen-bond acceptors (Lipinski definition) is 9. The minimum Gasteiger partial charge on any atom is -0.330 e. The van der Waals surface area contributed by atoms with Crippen molar-refractivity contribution in [2.75, 3.05) is 47.6 Å². The van der Waals surface area contributed by atoms with Crippen LogP contribution in [0.25, 0.3) is 0 Å². The van der Waals surface area contributed by atoms with Gasteiger partial charge in [0.1, 0.15) is 5.69 Å². The quantitative estimate of drug-likeness (QED) is 0.100. The SMILES string of the molecule is CC(=O)c1ccccn1.CCSCCCC(C)c1ccccn1.CCSCCN.CCSCCN=C(C)c1ccccn1. The van der Waals surface area contributed by atoms with Crippen LogP contribution < -0.4 is 5.73 Å². The molecule has 0 aliphatic carbocycles. The zero-order valence-corrected chi connectivity index (χ0v) is 29.5. The average molecular weight is 644 g/mol. The second-order valence-corrected chi connectivity index (χ2v) is 13.3. The average Bonchev–Trinajstić information content (AvgIpc) is 3.06. The highest BCUT2D eigenvalue weighted by Gasteiger charge is 2.05. The van der Waals surface area contributed by atoms with E-state index in [2.05, 4.69) is 59.8 Å². The van der Waals surface area contributed by atoms with Crippen LogP contribution in [0.5, 0.6) is 0 Å². The topological polar surface area (TPSA) is 94.1 Å². The number of aromatic nitrogens is 3. The van der Waals surface area contributed by atoms with Crippen molar-refractivity contribution in [2.45, 2.75) is 60.3 Å².